The number of nitrogens with zero attached hydrogens (tertiary/aromatic N) is 1. The molecule has 1 saturated heterocycles. The highest BCUT2D eigenvalue weighted by Gasteiger charge is 2.33. The van der Waals surface area contributed by atoms with Crippen molar-refractivity contribution in [3.8, 4) is 0 Å². The minimum absolute atomic E-state index is 0.000352. The van der Waals surface area contributed by atoms with Gasteiger partial charge >= 0.3 is 0 Å². The first kappa shape index (κ1) is 18.5. The van der Waals surface area contributed by atoms with Crippen molar-refractivity contribution in [2.45, 2.75) is 39.3 Å². The van der Waals surface area contributed by atoms with E-state index >= 15 is 0 Å². The molecular formula is C18H24N2O3S. The number of nitrogens with one attached hydrogen (secondary N) is 1. The summed E-state index contributed by atoms with van der Waals surface area (Å²) in [5.41, 5.74) is 0.615. The highest BCUT2D eigenvalue weighted by atomic mass is 32.2. The van der Waals surface area contributed by atoms with Gasteiger partial charge in [0.05, 0.1) is 12.5 Å². The van der Waals surface area contributed by atoms with Gasteiger partial charge in [0.2, 0.25) is 11.8 Å². The van der Waals surface area contributed by atoms with Crippen LogP contribution in [0.2, 0.25) is 0 Å². The first-order valence-electron chi connectivity index (χ1n) is 8.04. The van der Waals surface area contributed by atoms with Gasteiger partial charge in [-0.2, -0.15) is 0 Å². The third-order valence-electron chi connectivity index (χ3n) is 3.58. The van der Waals surface area contributed by atoms with E-state index in [0.717, 1.165) is 5.56 Å². The van der Waals surface area contributed by atoms with Gasteiger partial charge in [-0.3, -0.25) is 14.4 Å². The maximum Gasteiger partial charge on any atom is 0.240 e. The minimum Gasteiger partial charge on any atom is -0.350 e. The van der Waals surface area contributed by atoms with Crippen LogP contribution in [0.25, 0.3) is 0 Å². The van der Waals surface area contributed by atoms with E-state index in [1.807, 2.05) is 51.1 Å². The number of carbonyl (C=O) groups excluding carboxylic acids is 3. The van der Waals surface area contributed by atoms with Gasteiger partial charge in [-0.25, -0.2) is 0 Å². The molecular weight excluding hydrogens is 324 g/mol. The molecule has 0 spiro atoms. The van der Waals surface area contributed by atoms with E-state index in [9.17, 15) is 14.4 Å². The van der Waals surface area contributed by atoms with Crippen LogP contribution in [0.3, 0.4) is 0 Å². The molecule has 1 aromatic rings. The Morgan fingerprint density at radius 1 is 1.25 bits per heavy atom. The van der Waals surface area contributed by atoms with E-state index in [2.05, 4.69) is 5.32 Å². The van der Waals surface area contributed by atoms with Crippen molar-refractivity contribution in [2.75, 3.05) is 12.3 Å². The van der Waals surface area contributed by atoms with Crippen LogP contribution in [0.5, 0.6) is 0 Å². The molecule has 1 atom stereocenters. The van der Waals surface area contributed by atoms with Crippen LogP contribution < -0.4 is 5.32 Å². The van der Waals surface area contributed by atoms with Gasteiger partial charge < -0.3 is 10.2 Å². The van der Waals surface area contributed by atoms with Crippen molar-refractivity contribution in [3.05, 3.63) is 35.9 Å². The number of thioether (sulfide) groups is 1. The summed E-state index contributed by atoms with van der Waals surface area (Å²) in [4.78, 5) is 38.1. The van der Waals surface area contributed by atoms with E-state index in [0.29, 0.717) is 12.3 Å². The number of hydrogen-bond acceptors (Lipinski definition) is 4. The zero-order chi connectivity index (χ0) is 17.7. The van der Waals surface area contributed by atoms with Crippen LogP contribution in [-0.4, -0.2) is 39.7 Å². The average Bonchev–Trinajstić information content (AvgIpc) is 2.91. The molecule has 1 aliphatic heterocycles. The van der Waals surface area contributed by atoms with Gasteiger partial charge in [0, 0.05) is 24.3 Å². The normalized spacial score (nSPS) is 17.6. The number of amides is 2. The third-order valence-corrected chi connectivity index (χ3v) is 4.64. The number of benzene rings is 1. The Hall–Kier alpha value is -1.82. The minimum atomic E-state index is -0.349. The molecule has 130 valence electrons. The molecule has 0 radical (unpaired) electrons. The Bertz CT molecular complexity index is 610. The molecule has 6 heteroatoms. The average molecular weight is 348 g/mol. The van der Waals surface area contributed by atoms with Crippen LogP contribution in [0, 0.1) is 5.92 Å². The molecule has 0 aromatic heterocycles. The van der Waals surface area contributed by atoms with Crippen molar-refractivity contribution in [1.82, 2.24) is 10.2 Å². The summed E-state index contributed by atoms with van der Waals surface area (Å²) in [5, 5.41) is 2.93. The summed E-state index contributed by atoms with van der Waals surface area (Å²) in [6.45, 7) is 6.08. The predicted octanol–water partition coefficient (Wildman–Crippen LogP) is 2.21. The van der Waals surface area contributed by atoms with Gasteiger partial charge in [0.25, 0.3) is 0 Å². The summed E-state index contributed by atoms with van der Waals surface area (Å²) in [6, 6.07) is 9.57. The van der Waals surface area contributed by atoms with E-state index in [1.165, 1.54) is 11.8 Å². The van der Waals surface area contributed by atoms with E-state index in [4.69, 9.17) is 0 Å². The topological polar surface area (TPSA) is 66.5 Å². The molecule has 0 saturated carbocycles. The highest BCUT2D eigenvalue weighted by Crippen LogP contribution is 2.27. The fourth-order valence-electron chi connectivity index (χ4n) is 2.58. The smallest absolute Gasteiger partial charge is 0.240 e. The lowest BCUT2D eigenvalue weighted by atomic mass is 10.1. The van der Waals surface area contributed by atoms with Crippen LogP contribution in [-0.2, 0) is 20.9 Å². The first-order chi connectivity index (χ1) is 11.2. The molecule has 1 heterocycles. The van der Waals surface area contributed by atoms with Crippen molar-refractivity contribution < 1.29 is 14.4 Å². The van der Waals surface area contributed by atoms with Gasteiger partial charge in [0.15, 0.2) is 5.12 Å². The molecule has 0 aliphatic carbocycles. The zero-order valence-corrected chi connectivity index (χ0v) is 15.2. The second-order valence-corrected chi connectivity index (χ2v) is 8.14. The highest BCUT2D eigenvalue weighted by molar-refractivity contribution is 8.14. The Labute approximate surface area is 147 Å². The standard InChI is InChI=1S/C18H24N2O3S/c1-18(2,3)19-15(21)11-20(10-13-7-5-4-6-8-13)17(23)14-9-16(22)24-12-14/h4-8,14H,9-12H2,1-3H3,(H,19,21). The predicted molar refractivity (Wildman–Crippen MR) is 95.3 cm³/mol. The molecule has 1 aromatic carbocycles. The summed E-state index contributed by atoms with van der Waals surface area (Å²) < 4.78 is 0. The SMILES string of the molecule is CC(C)(C)NC(=O)CN(Cc1ccccc1)C(=O)C1CSC(=O)C1. The fourth-order valence-corrected chi connectivity index (χ4v) is 3.54. The van der Waals surface area contributed by atoms with Crippen LogP contribution in [0.4, 0.5) is 0 Å². The lowest BCUT2D eigenvalue weighted by molar-refractivity contribution is -0.140. The molecule has 1 N–H and O–H groups in total. The molecule has 0 bridgehead atoms. The largest absolute Gasteiger partial charge is 0.350 e. The number of carbonyl (C=O) groups is 3. The summed E-state index contributed by atoms with van der Waals surface area (Å²) >= 11 is 1.20. The van der Waals surface area contributed by atoms with Crippen LogP contribution in [0.15, 0.2) is 30.3 Å². The van der Waals surface area contributed by atoms with E-state index in [-0.39, 0.29) is 41.4 Å². The van der Waals surface area contributed by atoms with Gasteiger partial charge in [0.1, 0.15) is 0 Å². The van der Waals surface area contributed by atoms with Crippen molar-refractivity contribution in [2.24, 2.45) is 5.92 Å². The third kappa shape index (κ3) is 5.67. The monoisotopic (exact) mass is 348 g/mol. The van der Waals surface area contributed by atoms with Gasteiger partial charge in [-0.15, -0.1) is 0 Å². The first-order valence-corrected chi connectivity index (χ1v) is 9.02. The molecule has 1 aliphatic rings. The molecule has 5 nitrogen and oxygen atoms in total. The Balaban J connectivity index is 2.10. The number of hydrogen-bond donors (Lipinski definition) is 1. The Morgan fingerprint density at radius 3 is 2.46 bits per heavy atom. The molecule has 2 amide bonds. The van der Waals surface area contributed by atoms with Crippen molar-refractivity contribution in [3.63, 3.8) is 0 Å². The zero-order valence-electron chi connectivity index (χ0n) is 14.4. The van der Waals surface area contributed by atoms with E-state index < -0.39 is 0 Å². The second kappa shape index (κ2) is 7.83. The number of rotatable bonds is 5. The van der Waals surface area contributed by atoms with Gasteiger partial charge in [-0.1, -0.05) is 42.1 Å². The van der Waals surface area contributed by atoms with Gasteiger partial charge in [-0.05, 0) is 26.3 Å². The van der Waals surface area contributed by atoms with Crippen molar-refractivity contribution in [1.29, 1.82) is 0 Å². The summed E-state index contributed by atoms with van der Waals surface area (Å²) in [5.74, 6) is -0.136. The van der Waals surface area contributed by atoms with Crippen LogP contribution >= 0.6 is 11.8 Å². The lowest BCUT2D eigenvalue weighted by Crippen LogP contribution is -2.48. The van der Waals surface area contributed by atoms with Crippen molar-refractivity contribution >= 4 is 28.7 Å². The summed E-state index contributed by atoms with van der Waals surface area (Å²) in [7, 11) is 0. The molecule has 1 unspecified atom stereocenters. The Morgan fingerprint density at radius 2 is 1.92 bits per heavy atom. The molecule has 2 rings (SSSR count). The second-order valence-electron chi connectivity index (χ2n) is 7.06. The lowest BCUT2D eigenvalue weighted by Gasteiger charge is -2.27. The van der Waals surface area contributed by atoms with Crippen LogP contribution in [0.1, 0.15) is 32.8 Å². The molecule has 24 heavy (non-hydrogen) atoms. The molecule has 1 fully saturated rings. The maximum atomic E-state index is 12.8. The fraction of sp³-hybridized carbons (Fsp3) is 0.500. The van der Waals surface area contributed by atoms with E-state index in [1.54, 1.807) is 4.90 Å². The Kier molecular flexibility index (Phi) is 6.04. The maximum absolute atomic E-state index is 12.8. The summed E-state index contributed by atoms with van der Waals surface area (Å²) in [6.07, 6.45) is 0.260. The quantitative estimate of drug-likeness (QED) is 0.886.